The van der Waals surface area contributed by atoms with E-state index >= 15 is 0 Å². The summed E-state index contributed by atoms with van der Waals surface area (Å²) in [5, 5.41) is 15.0. The van der Waals surface area contributed by atoms with Crippen LogP contribution < -0.4 is 4.74 Å². The maximum Gasteiger partial charge on any atom is 0.235 e. The summed E-state index contributed by atoms with van der Waals surface area (Å²) < 4.78 is 7.57. The molecular weight excluding hydrogens is 334 g/mol. The first kappa shape index (κ1) is 14.3. The molecule has 0 fully saturated rings. The second kappa shape index (κ2) is 5.49. The predicted octanol–water partition coefficient (Wildman–Crippen LogP) is 3.73. The summed E-state index contributed by atoms with van der Waals surface area (Å²) in [6.45, 7) is 2.35. The lowest BCUT2D eigenvalue weighted by Crippen LogP contribution is -2.04. The number of nitrogens with zero attached hydrogens (tertiary/aromatic N) is 5. The number of ether oxygens (including phenoxy) is 1. The molecule has 7 heteroatoms. The Morgan fingerprint density at radius 1 is 1.04 bits per heavy atom. The first-order chi connectivity index (χ1) is 12.3. The van der Waals surface area contributed by atoms with Gasteiger partial charge in [-0.25, -0.2) is 4.98 Å². The van der Waals surface area contributed by atoms with Crippen molar-refractivity contribution in [3.05, 3.63) is 59.9 Å². The third kappa shape index (κ3) is 2.40. The molecule has 0 unspecified atom stereocenters. The van der Waals surface area contributed by atoms with Crippen LogP contribution in [0.25, 0.3) is 26.6 Å². The first-order valence-electron chi connectivity index (χ1n) is 7.87. The van der Waals surface area contributed by atoms with Gasteiger partial charge in [0.1, 0.15) is 23.1 Å². The molecule has 2 aliphatic heterocycles. The average molecular weight is 347 g/mol. The van der Waals surface area contributed by atoms with Crippen molar-refractivity contribution in [2.75, 3.05) is 0 Å². The van der Waals surface area contributed by atoms with Crippen molar-refractivity contribution in [2.45, 2.75) is 13.5 Å². The van der Waals surface area contributed by atoms with Crippen molar-refractivity contribution >= 4 is 27.2 Å². The van der Waals surface area contributed by atoms with Gasteiger partial charge in [-0.3, -0.25) is 0 Å². The third-order valence-corrected chi connectivity index (χ3v) is 4.95. The Bertz CT molecular complexity index is 1160. The molecular formula is C18H13N5OS. The molecule has 25 heavy (non-hydrogen) atoms. The van der Waals surface area contributed by atoms with Gasteiger partial charge in [0.2, 0.25) is 4.96 Å². The Balaban J connectivity index is 1.56. The number of hydrogen-bond donors (Lipinski definition) is 0. The van der Waals surface area contributed by atoms with Crippen LogP contribution in [0.5, 0.6) is 5.75 Å². The van der Waals surface area contributed by atoms with Gasteiger partial charge >= 0.3 is 0 Å². The standard InChI is InChI=1S/C18H13N5OS/c1-11-6-8-12(9-7-11)24-10-15-20-21-18-23(15)22-16-13-4-2-3-5-14(13)19-17(16)25-18/h2-9H,10H2,1H3. The number of fused-ring (bicyclic) bond motifs is 4. The van der Waals surface area contributed by atoms with E-state index in [-0.39, 0.29) is 0 Å². The smallest absolute Gasteiger partial charge is 0.235 e. The van der Waals surface area contributed by atoms with Gasteiger partial charge in [0, 0.05) is 5.39 Å². The lowest BCUT2D eigenvalue weighted by Gasteiger charge is -2.05. The second-order valence-corrected chi connectivity index (χ2v) is 6.75. The zero-order valence-electron chi connectivity index (χ0n) is 13.4. The maximum atomic E-state index is 5.82. The molecule has 2 aliphatic rings. The average Bonchev–Trinajstić information content (AvgIpc) is 3.20. The highest BCUT2D eigenvalue weighted by atomic mass is 32.1. The molecule has 1 aromatic heterocycles. The molecule has 5 rings (SSSR count). The van der Waals surface area contributed by atoms with Crippen molar-refractivity contribution in [3.8, 4) is 16.5 Å². The molecule has 0 radical (unpaired) electrons. The molecule has 6 nitrogen and oxygen atoms in total. The third-order valence-electron chi connectivity index (χ3n) is 4.04. The zero-order chi connectivity index (χ0) is 16.8. The van der Waals surface area contributed by atoms with Crippen molar-refractivity contribution < 1.29 is 4.74 Å². The fraction of sp³-hybridized carbons (Fsp3) is 0.111. The minimum absolute atomic E-state index is 0.307. The van der Waals surface area contributed by atoms with E-state index in [4.69, 9.17) is 9.84 Å². The van der Waals surface area contributed by atoms with E-state index in [1.54, 1.807) is 4.52 Å². The predicted molar refractivity (Wildman–Crippen MR) is 96.1 cm³/mol. The summed E-state index contributed by atoms with van der Waals surface area (Å²) >= 11 is 1.48. The minimum atomic E-state index is 0.307. The zero-order valence-corrected chi connectivity index (χ0v) is 14.2. The van der Waals surface area contributed by atoms with Crippen molar-refractivity contribution in [2.24, 2.45) is 0 Å². The van der Waals surface area contributed by atoms with Crippen LogP contribution in [-0.4, -0.2) is 24.8 Å². The Morgan fingerprint density at radius 2 is 1.88 bits per heavy atom. The van der Waals surface area contributed by atoms with Crippen LogP contribution in [0.2, 0.25) is 0 Å². The normalized spacial score (nSPS) is 11.6. The van der Waals surface area contributed by atoms with Crippen molar-refractivity contribution in [3.63, 3.8) is 0 Å². The van der Waals surface area contributed by atoms with Gasteiger partial charge in [-0.1, -0.05) is 47.2 Å². The van der Waals surface area contributed by atoms with Crippen molar-refractivity contribution in [1.29, 1.82) is 0 Å². The van der Waals surface area contributed by atoms with Crippen LogP contribution in [0.15, 0.2) is 48.5 Å². The van der Waals surface area contributed by atoms with E-state index in [0.29, 0.717) is 17.4 Å². The number of aryl methyl sites for hydroxylation is 1. The summed E-state index contributed by atoms with van der Waals surface area (Å²) in [4.78, 5) is 5.33. The number of hydrogen-bond acceptors (Lipinski definition) is 6. The highest BCUT2D eigenvalue weighted by Gasteiger charge is 2.18. The quantitative estimate of drug-likeness (QED) is 0.497. The lowest BCUT2D eigenvalue weighted by atomic mass is 10.2. The Hall–Kier alpha value is -3.06. The Morgan fingerprint density at radius 3 is 2.76 bits per heavy atom. The fourth-order valence-electron chi connectivity index (χ4n) is 2.74. The van der Waals surface area contributed by atoms with Crippen LogP contribution in [0.1, 0.15) is 11.4 Å². The van der Waals surface area contributed by atoms with Gasteiger partial charge in [-0.05, 0) is 25.1 Å². The van der Waals surface area contributed by atoms with Crippen molar-refractivity contribution in [1.82, 2.24) is 24.8 Å². The number of benzene rings is 2. The summed E-state index contributed by atoms with van der Waals surface area (Å²) in [6, 6.07) is 15.9. The number of para-hydroxylation sites is 1. The Kier molecular flexibility index (Phi) is 3.14. The van der Waals surface area contributed by atoms with Gasteiger partial charge < -0.3 is 4.74 Å². The molecule has 0 amide bonds. The maximum absolute atomic E-state index is 5.82. The van der Waals surface area contributed by atoms with Gasteiger partial charge in [-0.2, -0.15) is 9.61 Å². The van der Waals surface area contributed by atoms with Crippen LogP contribution in [-0.2, 0) is 6.61 Å². The van der Waals surface area contributed by atoms with Crippen LogP contribution in [0, 0.1) is 6.92 Å². The largest absolute Gasteiger partial charge is 0.486 e. The first-order valence-corrected chi connectivity index (χ1v) is 8.69. The molecule has 0 bridgehead atoms. The molecule has 0 saturated carbocycles. The SMILES string of the molecule is Cc1ccc(OCc2nnc3sc4nc5ccccc5c-4nn23)cc1. The number of rotatable bonds is 3. The lowest BCUT2D eigenvalue weighted by molar-refractivity contribution is 0.292. The van der Waals surface area contributed by atoms with Crippen LogP contribution in [0.4, 0.5) is 0 Å². The van der Waals surface area contributed by atoms with Crippen LogP contribution >= 0.6 is 11.3 Å². The van der Waals surface area contributed by atoms with E-state index < -0.39 is 0 Å². The van der Waals surface area contributed by atoms with E-state index in [2.05, 4.69) is 15.2 Å². The molecule has 122 valence electrons. The molecule has 2 aromatic carbocycles. The van der Waals surface area contributed by atoms with E-state index in [1.807, 2.05) is 55.5 Å². The summed E-state index contributed by atoms with van der Waals surface area (Å²) in [5.41, 5.74) is 3.01. The van der Waals surface area contributed by atoms with E-state index in [0.717, 1.165) is 27.4 Å². The molecule has 3 heterocycles. The number of aromatic nitrogens is 5. The van der Waals surface area contributed by atoms with E-state index in [9.17, 15) is 0 Å². The topological polar surface area (TPSA) is 65.2 Å². The summed E-state index contributed by atoms with van der Waals surface area (Å²) in [5.74, 6) is 1.46. The fourth-order valence-corrected chi connectivity index (χ4v) is 3.61. The van der Waals surface area contributed by atoms with Gasteiger partial charge in [0.15, 0.2) is 5.82 Å². The van der Waals surface area contributed by atoms with E-state index in [1.165, 1.54) is 16.9 Å². The molecule has 0 spiro atoms. The summed E-state index contributed by atoms with van der Waals surface area (Å²) in [6.07, 6.45) is 0. The molecule has 3 aromatic rings. The molecule has 0 N–H and O–H groups in total. The second-order valence-electron chi connectivity index (χ2n) is 5.80. The van der Waals surface area contributed by atoms with Gasteiger partial charge in [0.25, 0.3) is 0 Å². The molecule has 0 atom stereocenters. The van der Waals surface area contributed by atoms with Crippen LogP contribution in [0.3, 0.4) is 0 Å². The molecule has 0 aliphatic carbocycles. The minimum Gasteiger partial charge on any atom is -0.486 e. The van der Waals surface area contributed by atoms with Gasteiger partial charge in [0.05, 0.1) is 5.52 Å². The highest BCUT2D eigenvalue weighted by molar-refractivity contribution is 7.19. The Labute approximate surface area is 147 Å². The molecule has 0 saturated heterocycles. The van der Waals surface area contributed by atoms with Gasteiger partial charge in [-0.15, -0.1) is 10.2 Å². The summed E-state index contributed by atoms with van der Waals surface area (Å²) in [7, 11) is 0. The highest BCUT2D eigenvalue weighted by Crippen LogP contribution is 2.33. The monoisotopic (exact) mass is 347 g/mol.